The first-order valence-corrected chi connectivity index (χ1v) is 11.8. The van der Waals surface area contributed by atoms with Crippen LogP contribution in [0.5, 0.6) is 0 Å². The highest BCUT2D eigenvalue weighted by Gasteiger charge is 2.23. The Morgan fingerprint density at radius 2 is 2.03 bits per heavy atom. The van der Waals surface area contributed by atoms with Crippen LogP contribution in [0.15, 0.2) is 34.2 Å². The van der Waals surface area contributed by atoms with E-state index >= 15 is 0 Å². The minimum absolute atomic E-state index is 0.0686. The van der Waals surface area contributed by atoms with Crippen molar-refractivity contribution in [2.75, 3.05) is 20.8 Å². The molecule has 6 nitrogen and oxygen atoms in total. The van der Waals surface area contributed by atoms with Gasteiger partial charge in [-0.25, -0.2) is 9.78 Å². The Kier molecular flexibility index (Phi) is 6.55. The van der Waals surface area contributed by atoms with Crippen LogP contribution in [0, 0.1) is 0 Å². The normalized spacial score (nSPS) is 13.0. The molecule has 2 aromatic heterocycles. The number of carbonyl (C=O) groups excluding carboxylic acids is 1. The maximum atomic E-state index is 13.4. The predicted octanol–water partition coefficient (Wildman–Crippen LogP) is 4.06. The van der Waals surface area contributed by atoms with Gasteiger partial charge in [-0.05, 0) is 48.9 Å². The summed E-state index contributed by atoms with van der Waals surface area (Å²) in [5, 5.41) is 1.55. The Balaban J connectivity index is 1.62. The second-order valence-corrected chi connectivity index (χ2v) is 9.24. The van der Waals surface area contributed by atoms with Gasteiger partial charge in [0, 0.05) is 30.9 Å². The standard InChI is InChI=1S/C22H24N2O4S2/c1-27-12-4-11-24-20(25)18-16-5-3-6-17(16)30-19(18)23-22(24)29-13-14-7-9-15(10-8-14)21(26)28-2/h7-10H,3-6,11-13H2,1-2H3. The first-order chi connectivity index (χ1) is 14.6. The van der Waals surface area contributed by atoms with Crippen molar-refractivity contribution in [1.29, 1.82) is 0 Å². The summed E-state index contributed by atoms with van der Waals surface area (Å²) in [4.78, 5) is 32.0. The van der Waals surface area contributed by atoms with E-state index in [1.807, 2.05) is 12.1 Å². The quantitative estimate of drug-likeness (QED) is 0.226. The highest BCUT2D eigenvalue weighted by Crippen LogP contribution is 2.36. The number of ether oxygens (including phenoxy) is 2. The zero-order valence-electron chi connectivity index (χ0n) is 17.1. The number of aromatic nitrogens is 2. The number of thiophene rings is 1. The molecule has 0 aliphatic heterocycles. The fraction of sp³-hybridized carbons (Fsp3) is 0.409. The maximum absolute atomic E-state index is 13.4. The van der Waals surface area contributed by atoms with Crippen molar-refractivity contribution in [2.45, 2.75) is 43.1 Å². The van der Waals surface area contributed by atoms with Crippen molar-refractivity contribution in [1.82, 2.24) is 9.55 Å². The highest BCUT2D eigenvalue weighted by atomic mass is 32.2. The molecule has 0 amide bonds. The fourth-order valence-electron chi connectivity index (χ4n) is 3.74. The first kappa shape index (κ1) is 21.1. The number of esters is 1. The number of aryl methyl sites for hydroxylation is 2. The van der Waals surface area contributed by atoms with Crippen LogP contribution in [0.2, 0.25) is 0 Å². The molecule has 0 spiro atoms. The van der Waals surface area contributed by atoms with Crippen LogP contribution in [-0.2, 0) is 34.6 Å². The van der Waals surface area contributed by atoms with Gasteiger partial charge in [0.15, 0.2) is 5.16 Å². The number of rotatable bonds is 8. The number of carbonyl (C=O) groups is 1. The van der Waals surface area contributed by atoms with Gasteiger partial charge in [-0.3, -0.25) is 9.36 Å². The van der Waals surface area contributed by atoms with Crippen LogP contribution in [0.4, 0.5) is 0 Å². The van der Waals surface area contributed by atoms with E-state index in [4.69, 9.17) is 14.5 Å². The molecule has 0 fully saturated rings. The van der Waals surface area contributed by atoms with Gasteiger partial charge in [0.2, 0.25) is 0 Å². The predicted molar refractivity (Wildman–Crippen MR) is 120 cm³/mol. The third-order valence-corrected chi connectivity index (χ3v) is 7.50. The average Bonchev–Trinajstić information content (AvgIpc) is 3.35. The van der Waals surface area contributed by atoms with E-state index in [0.717, 1.165) is 46.6 Å². The summed E-state index contributed by atoms with van der Waals surface area (Å²) in [5.74, 6) is 0.313. The van der Waals surface area contributed by atoms with Crippen LogP contribution in [0.1, 0.15) is 39.2 Å². The molecular weight excluding hydrogens is 420 g/mol. The summed E-state index contributed by atoms with van der Waals surface area (Å²) >= 11 is 3.22. The zero-order valence-corrected chi connectivity index (χ0v) is 18.7. The Morgan fingerprint density at radius 3 is 2.77 bits per heavy atom. The molecule has 3 aromatic rings. The smallest absolute Gasteiger partial charge is 0.337 e. The number of methoxy groups -OCH3 is 2. The second kappa shape index (κ2) is 9.32. The number of nitrogens with zero attached hydrogens (tertiary/aromatic N) is 2. The summed E-state index contributed by atoms with van der Waals surface area (Å²) in [6, 6.07) is 7.33. The lowest BCUT2D eigenvalue weighted by atomic mass is 10.1. The molecule has 4 rings (SSSR count). The fourth-order valence-corrected chi connectivity index (χ4v) is 6.02. The number of benzene rings is 1. The van der Waals surface area contributed by atoms with Gasteiger partial charge in [0.25, 0.3) is 5.56 Å². The van der Waals surface area contributed by atoms with Crippen LogP contribution >= 0.6 is 23.1 Å². The third kappa shape index (κ3) is 4.17. The van der Waals surface area contributed by atoms with E-state index in [2.05, 4.69) is 0 Å². The van der Waals surface area contributed by atoms with Crippen LogP contribution in [-0.4, -0.2) is 36.3 Å². The van der Waals surface area contributed by atoms with Gasteiger partial charge in [-0.2, -0.15) is 0 Å². The highest BCUT2D eigenvalue weighted by molar-refractivity contribution is 7.98. The Bertz CT molecular complexity index is 1120. The van der Waals surface area contributed by atoms with Crippen molar-refractivity contribution in [3.05, 3.63) is 56.2 Å². The number of thioether (sulfide) groups is 1. The number of fused-ring (bicyclic) bond motifs is 3. The van der Waals surface area contributed by atoms with Gasteiger partial charge in [0.1, 0.15) is 4.83 Å². The molecule has 0 radical (unpaired) electrons. The molecule has 2 heterocycles. The molecule has 1 aliphatic carbocycles. The van der Waals surface area contributed by atoms with Gasteiger partial charge in [-0.1, -0.05) is 23.9 Å². The summed E-state index contributed by atoms with van der Waals surface area (Å²) < 4.78 is 11.7. The summed E-state index contributed by atoms with van der Waals surface area (Å²) in [5.41, 5.74) is 2.86. The Morgan fingerprint density at radius 1 is 1.23 bits per heavy atom. The second-order valence-electron chi connectivity index (χ2n) is 7.21. The van der Waals surface area contributed by atoms with E-state index in [1.165, 1.54) is 17.6 Å². The molecule has 0 saturated heterocycles. The van der Waals surface area contributed by atoms with E-state index in [1.54, 1.807) is 46.9 Å². The van der Waals surface area contributed by atoms with Crippen molar-refractivity contribution in [3.63, 3.8) is 0 Å². The monoisotopic (exact) mass is 444 g/mol. The van der Waals surface area contributed by atoms with Gasteiger partial charge < -0.3 is 9.47 Å². The van der Waals surface area contributed by atoms with Crippen molar-refractivity contribution in [2.24, 2.45) is 0 Å². The lowest BCUT2D eigenvalue weighted by molar-refractivity contribution is 0.0600. The van der Waals surface area contributed by atoms with Gasteiger partial charge >= 0.3 is 5.97 Å². The molecular formula is C22H24N2O4S2. The van der Waals surface area contributed by atoms with E-state index < -0.39 is 0 Å². The minimum Gasteiger partial charge on any atom is -0.465 e. The topological polar surface area (TPSA) is 70.4 Å². The molecule has 1 aromatic carbocycles. The molecule has 158 valence electrons. The number of hydrogen-bond acceptors (Lipinski definition) is 7. The Hall–Kier alpha value is -2.16. The van der Waals surface area contributed by atoms with E-state index in [-0.39, 0.29) is 11.5 Å². The van der Waals surface area contributed by atoms with Gasteiger partial charge in [-0.15, -0.1) is 11.3 Å². The average molecular weight is 445 g/mol. The Labute approximate surface area is 183 Å². The zero-order chi connectivity index (χ0) is 21.1. The van der Waals surface area contributed by atoms with Crippen LogP contribution in [0.3, 0.4) is 0 Å². The lowest BCUT2D eigenvalue weighted by Crippen LogP contribution is -2.24. The van der Waals surface area contributed by atoms with Crippen molar-refractivity contribution >= 4 is 39.3 Å². The van der Waals surface area contributed by atoms with E-state index in [9.17, 15) is 9.59 Å². The largest absolute Gasteiger partial charge is 0.465 e. The summed E-state index contributed by atoms with van der Waals surface area (Å²) in [6.45, 7) is 1.19. The molecule has 8 heteroatoms. The summed E-state index contributed by atoms with van der Waals surface area (Å²) in [6.07, 6.45) is 3.91. The SMILES string of the molecule is COCCCn1c(SCc2ccc(C(=O)OC)cc2)nc2sc3c(c2c1=O)CCC3. The first-order valence-electron chi connectivity index (χ1n) is 9.96. The lowest BCUT2D eigenvalue weighted by Gasteiger charge is -2.12. The van der Waals surface area contributed by atoms with Crippen LogP contribution < -0.4 is 5.56 Å². The van der Waals surface area contributed by atoms with E-state index in [0.29, 0.717) is 24.5 Å². The van der Waals surface area contributed by atoms with Crippen molar-refractivity contribution < 1.29 is 14.3 Å². The maximum Gasteiger partial charge on any atom is 0.337 e. The third-order valence-electron chi connectivity index (χ3n) is 5.26. The minimum atomic E-state index is -0.348. The molecule has 0 N–H and O–H groups in total. The number of hydrogen-bond donors (Lipinski definition) is 0. The summed E-state index contributed by atoms with van der Waals surface area (Å²) in [7, 11) is 3.04. The molecule has 1 aliphatic rings. The molecule has 0 unspecified atom stereocenters. The molecule has 0 bridgehead atoms. The van der Waals surface area contributed by atoms with Crippen LogP contribution in [0.25, 0.3) is 10.2 Å². The molecule has 30 heavy (non-hydrogen) atoms. The molecule has 0 saturated carbocycles. The van der Waals surface area contributed by atoms with Gasteiger partial charge in [0.05, 0.1) is 18.1 Å². The molecule has 0 atom stereocenters. The van der Waals surface area contributed by atoms with Crippen molar-refractivity contribution in [3.8, 4) is 0 Å².